The molecule has 1 saturated heterocycles. The largest absolute Gasteiger partial charge is 0.481 e. The van der Waals surface area contributed by atoms with E-state index in [1.54, 1.807) is 4.90 Å². The molecule has 0 bridgehead atoms. The minimum Gasteiger partial charge on any atom is -0.481 e. The molecule has 136 valence electrons. The number of carboxylic acids is 1. The number of hydrogen-bond donors (Lipinski definition) is 3. The first-order valence-electron chi connectivity index (χ1n) is 9.33. The summed E-state index contributed by atoms with van der Waals surface area (Å²) < 4.78 is 0. The third-order valence-corrected chi connectivity index (χ3v) is 4.92. The van der Waals surface area contributed by atoms with Crippen molar-refractivity contribution in [2.75, 3.05) is 19.6 Å². The molecule has 2 heterocycles. The number of benzene rings is 2. The number of quaternary nitrogens is 1. The Morgan fingerprint density at radius 2 is 1.65 bits per heavy atom. The van der Waals surface area contributed by atoms with E-state index in [4.69, 9.17) is 9.90 Å². The molecule has 1 aliphatic rings. The maximum Gasteiger partial charge on any atom is 0.300 e. The molecule has 0 saturated carbocycles. The van der Waals surface area contributed by atoms with Gasteiger partial charge in [0.2, 0.25) is 0 Å². The highest BCUT2D eigenvalue weighted by atomic mass is 16.4. The molecule has 3 N–H and O–H groups in total. The summed E-state index contributed by atoms with van der Waals surface area (Å²) >= 11 is 0. The Morgan fingerprint density at radius 3 is 2.35 bits per heavy atom. The van der Waals surface area contributed by atoms with Crippen LogP contribution in [0.15, 0.2) is 54.6 Å². The average Bonchev–Trinajstić information content (AvgIpc) is 3.28. The summed E-state index contributed by atoms with van der Waals surface area (Å²) in [6.07, 6.45) is 3.95. The zero-order valence-corrected chi connectivity index (χ0v) is 15.3. The van der Waals surface area contributed by atoms with Crippen molar-refractivity contribution in [3.8, 4) is 11.3 Å². The van der Waals surface area contributed by atoms with Crippen LogP contribution in [0.5, 0.6) is 0 Å². The maximum absolute atomic E-state index is 9.00. The van der Waals surface area contributed by atoms with E-state index >= 15 is 0 Å². The molecular formula is C22H27N2O2+. The van der Waals surface area contributed by atoms with E-state index in [1.807, 2.05) is 0 Å². The predicted molar refractivity (Wildman–Crippen MR) is 106 cm³/mol. The number of rotatable bonds is 4. The molecule has 1 fully saturated rings. The van der Waals surface area contributed by atoms with Gasteiger partial charge in [-0.2, -0.15) is 0 Å². The number of aromatic amines is 1. The van der Waals surface area contributed by atoms with Gasteiger partial charge in [0.15, 0.2) is 0 Å². The normalized spacial score (nSPS) is 14.2. The van der Waals surface area contributed by atoms with Crippen LogP contribution in [0.4, 0.5) is 0 Å². The first-order valence-corrected chi connectivity index (χ1v) is 9.33. The summed E-state index contributed by atoms with van der Waals surface area (Å²) in [5, 5.41) is 8.81. The molecule has 3 aromatic rings. The number of aromatic nitrogens is 1. The SMILES string of the molecule is CC(=O)O.c1ccc(-c2[nH]c3ccccc3c2CC[NH+]2CCCC2)cc1. The van der Waals surface area contributed by atoms with E-state index in [0.717, 1.165) is 13.3 Å². The van der Waals surface area contributed by atoms with Gasteiger partial charge in [-0.3, -0.25) is 4.79 Å². The summed E-state index contributed by atoms with van der Waals surface area (Å²) in [4.78, 5) is 14.4. The number of likely N-dealkylation sites (tertiary alicyclic amines) is 1. The van der Waals surface area contributed by atoms with E-state index in [9.17, 15) is 0 Å². The molecule has 4 nitrogen and oxygen atoms in total. The first kappa shape index (κ1) is 18.2. The lowest BCUT2D eigenvalue weighted by Crippen LogP contribution is -3.10. The van der Waals surface area contributed by atoms with Crippen LogP contribution >= 0.6 is 0 Å². The first-order chi connectivity index (χ1) is 12.6. The van der Waals surface area contributed by atoms with Gasteiger partial charge in [0, 0.05) is 42.8 Å². The Labute approximate surface area is 154 Å². The van der Waals surface area contributed by atoms with Crippen molar-refractivity contribution in [1.82, 2.24) is 4.98 Å². The van der Waals surface area contributed by atoms with Crippen LogP contribution in [-0.2, 0) is 11.2 Å². The Balaban J connectivity index is 0.000000447. The molecule has 2 aromatic carbocycles. The van der Waals surface area contributed by atoms with Gasteiger partial charge < -0.3 is 15.0 Å². The summed E-state index contributed by atoms with van der Waals surface area (Å²) in [5.41, 5.74) is 5.35. The maximum atomic E-state index is 9.00. The number of carboxylic acid groups (broad SMARTS) is 1. The summed E-state index contributed by atoms with van der Waals surface area (Å²) in [7, 11) is 0. The summed E-state index contributed by atoms with van der Waals surface area (Å²) in [5.74, 6) is -0.833. The molecule has 0 radical (unpaired) electrons. The van der Waals surface area contributed by atoms with Gasteiger partial charge in [0.25, 0.3) is 5.97 Å². The lowest BCUT2D eigenvalue weighted by molar-refractivity contribution is -0.887. The number of H-pyrrole nitrogens is 1. The molecule has 1 aliphatic heterocycles. The molecule has 0 amide bonds. The lowest BCUT2D eigenvalue weighted by atomic mass is 10.0. The van der Waals surface area contributed by atoms with Crippen molar-refractivity contribution in [3.63, 3.8) is 0 Å². The van der Waals surface area contributed by atoms with E-state index in [1.165, 1.54) is 60.2 Å². The van der Waals surface area contributed by atoms with Crippen LogP contribution in [0, 0.1) is 0 Å². The number of hydrogen-bond acceptors (Lipinski definition) is 1. The van der Waals surface area contributed by atoms with E-state index in [-0.39, 0.29) is 0 Å². The Kier molecular flexibility index (Phi) is 6.08. The highest BCUT2D eigenvalue weighted by molar-refractivity contribution is 5.90. The van der Waals surface area contributed by atoms with Crippen LogP contribution in [0.2, 0.25) is 0 Å². The fourth-order valence-corrected chi connectivity index (χ4v) is 3.74. The van der Waals surface area contributed by atoms with E-state index in [2.05, 4.69) is 59.6 Å². The van der Waals surface area contributed by atoms with Crippen LogP contribution in [0.25, 0.3) is 22.2 Å². The fourth-order valence-electron chi connectivity index (χ4n) is 3.74. The van der Waals surface area contributed by atoms with Gasteiger partial charge in [-0.25, -0.2) is 0 Å². The number of nitrogens with one attached hydrogen (secondary N) is 2. The second-order valence-electron chi connectivity index (χ2n) is 6.87. The molecule has 4 heteroatoms. The molecule has 0 spiro atoms. The minimum absolute atomic E-state index is 0.833. The zero-order valence-electron chi connectivity index (χ0n) is 15.3. The van der Waals surface area contributed by atoms with Crippen LogP contribution < -0.4 is 4.90 Å². The second kappa shape index (κ2) is 8.68. The molecule has 1 aromatic heterocycles. The van der Waals surface area contributed by atoms with Crippen LogP contribution in [0.1, 0.15) is 25.3 Å². The smallest absolute Gasteiger partial charge is 0.300 e. The van der Waals surface area contributed by atoms with Crippen molar-refractivity contribution < 1.29 is 14.8 Å². The van der Waals surface area contributed by atoms with Crippen molar-refractivity contribution in [2.24, 2.45) is 0 Å². The standard InChI is InChI=1S/C20H22N2.C2H4O2/c1-2-8-16(9-3-1)20-18(12-15-22-13-6-7-14-22)17-10-4-5-11-19(17)21-20;1-2(3)4/h1-5,8-11,21H,6-7,12-15H2;1H3,(H,3,4)/p+1. The van der Waals surface area contributed by atoms with Gasteiger partial charge in [-0.15, -0.1) is 0 Å². The minimum atomic E-state index is -0.833. The highest BCUT2D eigenvalue weighted by Crippen LogP contribution is 2.30. The van der Waals surface area contributed by atoms with Gasteiger partial charge in [-0.05, 0) is 17.2 Å². The predicted octanol–water partition coefficient (Wildman–Crippen LogP) is 3.15. The summed E-state index contributed by atoms with van der Waals surface area (Å²) in [6, 6.07) is 19.4. The highest BCUT2D eigenvalue weighted by Gasteiger charge is 2.18. The van der Waals surface area contributed by atoms with Crippen LogP contribution in [-0.4, -0.2) is 35.7 Å². The van der Waals surface area contributed by atoms with Crippen molar-refractivity contribution in [2.45, 2.75) is 26.2 Å². The van der Waals surface area contributed by atoms with Crippen LogP contribution in [0.3, 0.4) is 0 Å². The summed E-state index contributed by atoms with van der Waals surface area (Å²) in [6.45, 7) is 5.04. The van der Waals surface area contributed by atoms with Crippen molar-refractivity contribution >= 4 is 16.9 Å². The number of aliphatic carboxylic acids is 1. The Hall–Kier alpha value is -2.59. The third kappa shape index (κ3) is 4.52. The quantitative estimate of drug-likeness (QED) is 0.676. The van der Waals surface area contributed by atoms with Crippen molar-refractivity contribution in [1.29, 1.82) is 0 Å². The van der Waals surface area contributed by atoms with Crippen molar-refractivity contribution in [3.05, 3.63) is 60.2 Å². The topological polar surface area (TPSA) is 57.5 Å². The number of carbonyl (C=O) groups is 1. The third-order valence-electron chi connectivity index (χ3n) is 4.92. The zero-order chi connectivity index (χ0) is 18.4. The average molecular weight is 351 g/mol. The molecular weight excluding hydrogens is 324 g/mol. The molecule has 0 atom stereocenters. The second-order valence-corrected chi connectivity index (χ2v) is 6.87. The number of para-hydroxylation sites is 1. The molecule has 0 aliphatic carbocycles. The Morgan fingerprint density at radius 1 is 1.04 bits per heavy atom. The van der Waals surface area contributed by atoms with E-state index in [0.29, 0.717) is 0 Å². The number of fused-ring (bicyclic) bond motifs is 1. The van der Waals surface area contributed by atoms with Gasteiger partial charge in [-0.1, -0.05) is 48.5 Å². The van der Waals surface area contributed by atoms with Gasteiger partial charge >= 0.3 is 0 Å². The van der Waals surface area contributed by atoms with E-state index < -0.39 is 5.97 Å². The molecule has 0 unspecified atom stereocenters. The monoisotopic (exact) mass is 351 g/mol. The van der Waals surface area contributed by atoms with Gasteiger partial charge in [0.1, 0.15) is 0 Å². The van der Waals surface area contributed by atoms with Gasteiger partial charge in [0.05, 0.1) is 19.6 Å². The molecule has 26 heavy (non-hydrogen) atoms. The Bertz CT molecular complexity index is 845. The fraction of sp³-hybridized carbons (Fsp3) is 0.318. The lowest BCUT2D eigenvalue weighted by Gasteiger charge is -2.12. The molecule has 4 rings (SSSR count).